The van der Waals surface area contributed by atoms with Crippen molar-refractivity contribution in [3.63, 3.8) is 0 Å². The molecule has 1 saturated carbocycles. The highest BCUT2D eigenvalue weighted by atomic mass is 32.2. The van der Waals surface area contributed by atoms with E-state index in [1.807, 2.05) is 24.3 Å². The highest BCUT2D eigenvalue weighted by Crippen LogP contribution is 2.27. The Morgan fingerprint density at radius 3 is 2.94 bits per heavy atom. The molecule has 2 aromatic rings. The molecule has 1 aliphatic rings. The lowest BCUT2D eigenvalue weighted by Crippen LogP contribution is -1.88. The van der Waals surface area contributed by atoms with Gasteiger partial charge in [0.1, 0.15) is 5.52 Å². The first-order valence-electron chi connectivity index (χ1n) is 6.42. The van der Waals surface area contributed by atoms with Gasteiger partial charge in [-0.2, -0.15) is 0 Å². The smallest absolute Gasteiger partial charge is 0.269 e. The number of nitrogens with zero attached hydrogens (tertiary/aromatic N) is 1. The van der Waals surface area contributed by atoms with Crippen LogP contribution in [-0.2, 0) is 0 Å². The maximum atomic E-state index is 5.59. The van der Waals surface area contributed by atoms with Gasteiger partial charge in [-0.25, -0.2) is 4.98 Å². The summed E-state index contributed by atoms with van der Waals surface area (Å²) in [5, 5.41) is 3.75. The fraction of sp³-hybridized carbons (Fsp3) is 0.400. The molecule has 0 bridgehead atoms. The Bertz CT molecular complexity index is 554. The topological polar surface area (TPSA) is 26.0 Å². The molecule has 3 rings (SSSR count). The van der Waals surface area contributed by atoms with Crippen LogP contribution in [0.5, 0.6) is 0 Å². The molecule has 0 aliphatic heterocycles. The molecule has 0 amide bonds. The van der Waals surface area contributed by atoms with Gasteiger partial charge in [0.2, 0.25) is 0 Å². The predicted octanol–water partition coefficient (Wildman–Crippen LogP) is 4.46. The van der Waals surface area contributed by atoms with Crippen molar-refractivity contribution in [2.75, 3.05) is 0 Å². The number of thioether (sulfide) groups is 1. The van der Waals surface area contributed by atoms with Crippen molar-refractivity contribution in [2.24, 2.45) is 5.92 Å². The van der Waals surface area contributed by atoms with Gasteiger partial charge < -0.3 is 4.42 Å². The number of para-hydroxylation sites is 2. The van der Waals surface area contributed by atoms with E-state index >= 15 is 0 Å². The van der Waals surface area contributed by atoms with Gasteiger partial charge in [-0.3, -0.25) is 0 Å². The van der Waals surface area contributed by atoms with Crippen LogP contribution in [0.3, 0.4) is 0 Å². The van der Waals surface area contributed by atoms with Gasteiger partial charge in [0, 0.05) is 18.2 Å². The van der Waals surface area contributed by atoms with E-state index < -0.39 is 0 Å². The van der Waals surface area contributed by atoms with Gasteiger partial charge in [-0.1, -0.05) is 30.9 Å². The zero-order valence-electron chi connectivity index (χ0n) is 10.2. The molecule has 1 heterocycles. The molecule has 1 fully saturated rings. The first-order chi connectivity index (χ1) is 8.92. The van der Waals surface area contributed by atoms with Gasteiger partial charge in [0.05, 0.1) is 0 Å². The Labute approximate surface area is 111 Å². The van der Waals surface area contributed by atoms with Crippen molar-refractivity contribution < 1.29 is 4.42 Å². The zero-order chi connectivity index (χ0) is 12.2. The summed E-state index contributed by atoms with van der Waals surface area (Å²) in [6.45, 7) is 0. The fourth-order valence-corrected chi connectivity index (χ4v) is 2.89. The van der Waals surface area contributed by atoms with E-state index in [1.54, 1.807) is 0 Å². The average molecular weight is 257 g/mol. The SMILES string of the molecule is C(#CSc1nc2ccccc2o1)CC1CCCC1. The molecule has 0 radical (unpaired) electrons. The molecule has 0 spiro atoms. The number of hydrogen-bond acceptors (Lipinski definition) is 3. The molecular weight excluding hydrogens is 242 g/mol. The van der Waals surface area contributed by atoms with Crippen molar-refractivity contribution in [2.45, 2.75) is 37.3 Å². The van der Waals surface area contributed by atoms with Crippen LogP contribution in [0.4, 0.5) is 0 Å². The second-order valence-corrected chi connectivity index (χ2v) is 5.44. The summed E-state index contributed by atoms with van der Waals surface area (Å²) in [6, 6.07) is 7.80. The third-order valence-electron chi connectivity index (χ3n) is 3.35. The third-order valence-corrected chi connectivity index (χ3v) is 3.95. The van der Waals surface area contributed by atoms with Crippen LogP contribution in [0.15, 0.2) is 33.9 Å². The molecule has 1 aromatic heterocycles. The van der Waals surface area contributed by atoms with Gasteiger partial charge in [-0.15, -0.1) is 0 Å². The standard InChI is InChI=1S/C15H15NOS/c1-2-7-12(6-1)8-5-11-18-15-16-13-9-3-4-10-14(13)17-15/h3-4,9-10,12H,1-2,6-8H2. The van der Waals surface area contributed by atoms with E-state index in [0.717, 1.165) is 23.4 Å². The van der Waals surface area contributed by atoms with E-state index in [2.05, 4.69) is 16.2 Å². The van der Waals surface area contributed by atoms with E-state index in [9.17, 15) is 0 Å². The van der Waals surface area contributed by atoms with Crippen LogP contribution in [0.1, 0.15) is 32.1 Å². The van der Waals surface area contributed by atoms with Gasteiger partial charge in [-0.05, 0) is 36.1 Å². The van der Waals surface area contributed by atoms with Gasteiger partial charge >= 0.3 is 0 Å². The summed E-state index contributed by atoms with van der Waals surface area (Å²) in [7, 11) is 0. The lowest BCUT2D eigenvalue weighted by atomic mass is 10.1. The Morgan fingerprint density at radius 1 is 1.28 bits per heavy atom. The zero-order valence-corrected chi connectivity index (χ0v) is 11.0. The number of aromatic nitrogens is 1. The highest BCUT2D eigenvalue weighted by Gasteiger charge is 2.13. The number of oxazole rings is 1. The van der Waals surface area contributed by atoms with Crippen LogP contribution in [0.2, 0.25) is 0 Å². The van der Waals surface area contributed by atoms with E-state index in [-0.39, 0.29) is 0 Å². The maximum Gasteiger partial charge on any atom is 0.269 e. The highest BCUT2D eigenvalue weighted by molar-refractivity contribution is 8.03. The van der Waals surface area contributed by atoms with Crippen molar-refractivity contribution in [3.05, 3.63) is 24.3 Å². The number of rotatable bonds is 2. The fourth-order valence-electron chi connectivity index (χ4n) is 2.37. The minimum absolute atomic E-state index is 0.648. The van der Waals surface area contributed by atoms with Crippen LogP contribution < -0.4 is 0 Å². The van der Waals surface area contributed by atoms with E-state index in [0.29, 0.717) is 5.22 Å². The van der Waals surface area contributed by atoms with Crippen LogP contribution in [0.25, 0.3) is 11.1 Å². The molecule has 1 aromatic carbocycles. The van der Waals surface area contributed by atoms with Gasteiger partial charge in [0.15, 0.2) is 5.58 Å². The summed E-state index contributed by atoms with van der Waals surface area (Å²) in [5.41, 5.74) is 1.73. The monoisotopic (exact) mass is 257 g/mol. The summed E-state index contributed by atoms with van der Waals surface area (Å²) in [5.74, 6) is 4.05. The number of benzene rings is 1. The largest absolute Gasteiger partial charge is 0.431 e. The lowest BCUT2D eigenvalue weighted by Gasteiger charge is -1.99. The molecule has 0 atom stereocenters. The molecule has 0 saturated heterocycles. The summed E-state index contributed by atoms with van der Waals surface area (Å²) in [6.07, 6.45) is 6.48. The van der Waals surface area contributed by atoms with Crippen molar-refractivity contribution in [1.29, 1.82) is 0 Å². The minimum Gasteiger partial charge on any atom is -0.431 e. The molecule has 0 unspecified atom stereocenters. The first kappa shape index (κ1) is 11.7. The molecule has 1 aliphatic carbocycles. The Hall–Kier alpha value is -1.40. The van der Waals surface area contributed by atoms with E-state index in [1.165, 1.54) is 37.4 Å². The molecule has 3 heteroatoms. The van der Waals surface area contributed by atoms with Crippen molar-refractivity contribution >= 4 is 22.9 Å². The number of hydrogen-bond donors (Lipinski definition) is 0. The lowest BCUT2D eigenvalue weighted by molar-refractivity contribution is 0.490. The Balaban J connectivity index is 1.60. The van der Waals surface area contributed by atoms with Gasteiger partial charge in [0.25, 0.3) is 5.22 Å². The summed E-state index contributed by atoms with van der Waals surface area (Å²) in [4.78, 5) is 4.38. The normalized spacial score (nSPS) is 15.8. The molecule has 18 heavy (non-hydrogen) atoms. The summed E-state index contributed by atoms with van der Waals surface area (Å²) >= 11 is 1.39. The summed E-state index contributed by atoms with van der Waals surface area (Å²) < 4.78 is 5.59. The second kappa shape index (κ2) is 5.49. The Kier molecular flexibility index (Phi) is 3.56. The molecule has 92 valence electrons. The average Bonchev–Trinajstić information content (AvgIpc) is 3.03. The molecular formula is C15H15NOS. The van der Waals surface area contributed by atoms with Crippen molar-refractivity contribution in [3.8, 4) is 11.2 Å². The second-order valence-electron chi connectivity index (χ2n) is 4.68. The van der Waals surface area contributed by atoms with Crippen LogP contribution >= 0.6 is 11.8 Å². The Morgan fingerprint density at radius 2 is 2.11 bits per heavy atom. The quantitative estimate of drug-likeness (QED) is 0.587. The first-order valence-corrected chi connectivity index (χ1v) is 7.24. The van der Waals surface area contributed by atoms with Crippen LogP contribution in [0, 0.1) is 17.1 Å². The minimum atomic E-state index is 0.648. The van der Waals surface area contributed by atoms with Crippen LogP contribution in [-0.4, -0.2) is 4.98 Å². The molecule has 0 N–H and O–H groups in total. The van der Waals surface area contributed by atoms with E-state index in [4.69, 9.17) is 4.42 Å². The third kappa shape index (κ3) is 2.70. The molecule has 2 nitrogen and oxygen atoms in total. The maximum absolute atomic E-state index is 5.59. The number of fused-ring (bicyclic) bond motifs is 1. The van der Waals surface area contributed by atoms with Crippen molar-refractivity contribution in [1.82, 2.24) is 4.98 Å². The predicted molar refractivity (Wildman–Crippen MR) is 74.2 cm³/mol.